The van der Waals surface area contributed by atoms with Crippen molar-refractivity contribution in [3.63, 3.8) is 0 Å². The number of carbonyl (C=O) groups is 1. The van der Waals surface area contributed by atoms with Crippen molar-refractivity contribution in [3.8, 4) is 5.88 Å². The molecule has 1 aromatic heterocycles. The number of carboxylic acid groups (broad SMARTS) is 1. The zero-order valence-electron chi connectivity index (χ0n) is 11.5. The predicted octanol–water partition coefficient (Wildman–Crippen LogP) is 2.68. The van der Waals surface area contributed by atoms with Gasteiger partial charge < -0.3 is 14.7 Å². The number of aromatic nitrogens is 1. The SMILES string of the molecule is CC1CC=CN1c1ccc(C(=O)O)nc1OCC1CC1. The van der Waals surface area contributed by atoms with Gasteiger partial charge in [0, 0.05) is 12.2 Å². The third-order valence-corrected chi connectivity index (χ3v) is 3.71. The topological polar surface area (TPSA) is 62.7 Å². The molecule has 1 aromatic rings. The minimum Gasteiger partial charge on any atom is -0.477 e. The Morgan fingerprint density at radius 1 is 1.50 bits per heavy atom. The summed E-state index contributed by atoms with van der Waals surface area (Å²) in [5.74, 6) is -0.00212. The molecular weight excluding hydrogens is 256 g/mol. The monoisotopic (exact) mass is 274 g/mol. The normalized spacial score (nSPS) is 21.2. The molecule has 1 N–H and O–H groups in total. The van der Waals surface area contributed by atoms with E-state index in [0.717, 1.165) is 12.1 Å². The number of carboxylic acids is 1. The summed E-state index contributed by atoms with van der Waals surface area (Å²) in [4.78, 5) is 17.3. The van der Waals surface area contributed by atoms with E-state index in [0.29, 0.717) is 24.4 Å². The molecule has 5 nitrogen and oxygen atoms in total. The van der Waals surface area contributed by atoms with Gasteiger partial charge in [-0.05, 0) is 44.2 Å². The molecular formula is C15H18N2O3. The second-order valence-electron chi connectivity index (χ2n) is 5.46. The Kier molecular flexibility index (Phi) is 3.34. The Morgan fingerprint density at radius 2 is 2.30 bits per heavy atom. The summed E-state index contributed by atoms with van der Waals surface area (Å²) in [6, 6.07) is 3.65. The Labute approximate surface area is 117 Å². The number of pyridine rings is 1. The second kappa shape index (κ2) is 5.15. The van der Waals surface area contributed by atoms with Crippen molar-refractivity contribution in [2.75, 3.05) is 11.5 Å². The Hall–Kier alpha value is -2.04. The molecule has 0 saturated heterocycles. The number of nitrogens with zero attached hydrogens (tertiary/aromatic N) is 2. The van der Waals surface area contributed by atoms with Gasteiger partial charge in [-0.3, -0.25) is 0 Å². The zero-order chi connectivity index (χ0) is 14.1. The molecule has 1 fully saturated rings. The average molecular weight is 274 g/mol. The maximum absolute atomic E-state index is 11.1. The van der Waals surface area contributed by atoms with Gasteiger partial charge in [-0.2, -0.15) is 0 Å². The summed E-state index contributed by atoms with van der Waals surface area (Å²) in [7, 11) is 0. The van der Waals surface area contributed by atoms with Crippen molar-refractivity contribution in [1.29, 1.82) is 0 Å². The predicted molar refractivity (Wildman–Crippen MR) is 75.1 cm³/mol. The lowest BCUT2D eigenvalue weighted by molar-refractivity contribution is 0.0689. The third-order valence-electron chi connectivity index (χ3n) is 3.71. The van der Waals surface area contributed by atoms with Gasteiger partial charge >= 0.3 is 5.97 Å². The highest BCUT2D eigenvalue weighted by atomic mass is 16.5. The van der Waals surface area contributed by atoms with E-state index >= 15 is 0 Å². The Bertz CT molecular complexity index is 552. The molecule has 106 valence electrons. The van der Waals surface area contributed by atoms with Gasteiger partial charge in [0.1, 0.15) is 5.69 Å². The van der Waals surface area contributed by atoms with Crippen LogP contribution in [-0.2, 0) is 0 Å². The minimum absolute atomic E-state index is 0.0235. The van der Waals surface area contributed by atoms with E-state index in [9.17, 15) is 4.79 Å². The van der Waals surface area contributed by atoms with Crippen LogP contribution in [0.1, 0.15) is 36.7 Å². The summed E-state index contributed by atoms with van der Waals surface area (Å²) in [6.07, 6.45) is 7.46. The van der Waals surface area contributed by atoms with Gasteiger partial charge in [-0.15, -0.1) is 0 Å². The molecule has 3 rings (SSSR count). The average Bonchev–Trinajstić information content (AvgIpc) is 3.17. The van der Waals surface area contributed by atoms with Crippen LogP contribution < -0.4 is 9.64 Å². The smallest absolute Gasteiger partial charge is 0.354 e. The molecule has 0 amide bonds. The van der Waals surface area contributed by atoms with E-state index in [1.165, 1.54) is 18.9 Å². The molecule has 1 aliphatic carbocycles. The summed E-state index contributed by atoms with van der Waals surface area (Å²) >= 11 is 0. The fourth-order valence-corrected chi connectivity index (χ4v) is 2.29. The molecule has 0 radical (unpaired) electrons. The van der Waals surface area contributed by atoms with E-state index in [1.807, 2.05) is 6.20 Å². The van der Waals surface area contributed by atoms with Crippen LogP contribution in [0.3, 0.4) is 0 Å². The molecule has 1 saturated carbocycles. The van der Waals surface area contributed by atoms with Crippen molar-refractivity contribution in [2.45, 2.75) is 32.2 Å². The lowest BCUT2D eigenvalue weighted by Gasteiger charge is -2.24. The van der Waals surface area contributed by atoms with Gasteiger partial charge in [0.25, 0.3) is 0 Å². The number of anilines is 1. The van der Waals surface area contributed by atoms with E-state index in [4.69, 9.17) is 9.84 Å². The van der Waals surface area contributed by atoms with Gasteiger partial charge in [0.15, 0.2) is 5.69 Å². The molecule has 1 atom stereocenters. The quantitative estimate of drug-likeness (QED) is 0.894. The van der Waals surface area contributed by atoms with Crippen LogP contribution in [0.4, 0.5) is 5.69 Å². The number of rotatable bonds is 5. The molecule has 20 heavy (non-hydrogen) atoms. The lowest BCUT2D eigenvalue weighted by atomic mass is 10.2. The molecule has 2 heterocycles. The molecule has 0 aromatic carbocycles. The highest BCUT2D eigenvalue weighted by molar-refractivity contribution is 5.86. The Morgan fingerprint density at radius 3 is 2.90 bits per heavy atom. The number of hydrogen-bond acceptors (Lipinski definition) is 4. The summed E-state index contributed by atoms with van der Waals surface area (Å²) in [6.45, 7) is 2.74. The van der Waals surface area contributed by atoms with E-state index in [2.05, 4.69) is 22.9 Å². The zero-order valence-corrected chi connectivity index (χ0v) is 11.5. The fraction of sp³-hybridized carbons (Fsp3) is 0.467. The standard InChI is InChI=1S/C15H18N2O3/c1-10-3-2-8-17(10)13-7-6-12(15(18)19)16-14(13)20-9-11-4-5-11/h2,6-8,10-11H,3-5,9H2,1H3,(H,18,19). The van der Waals surface area contributed by atoms with Gasteiger partial charge in [-0.25, -0.2) is 9.78 Å². The Balaban J connectivity index is 1.89. The van der Waals surface area contributed by atoms with Crippen LogP contribution >= 0.6 is 0 Å². The van der Waals surface area contributed by atoms with Crippen LogP contribution in [0, 0.1) is 5.92 Å². The van der Waals surface area contributed by atoms with E-state index in [-0.39, 0.29) is 5.69 Å². The summed E-state index contributed by atoms with van der Waals surface area (Å²) in [5, 5.41) is 9.06. The maximum Gasteiger partial charge on any atom is 0.354 e. The summed E-state index contributed by atoms with van der Waals surface area (Å²) in [5.41, 5.74) is 0.868. The van der Waals surface area contributed by atoms with E-state index in [1.54, 1.807) is 6.07 Å². The number of aromatic carboxylic acids is 1. The molecule has 1 unspecified atom stereocenters. The number of hydrogen-bond donors (Lipinski definition) is 1. The van der Waals surface area contributed by atoms with Crippen molar-refractivity contribution in [1.82, 2.24) is 4.98 Å². The summed E-state index contributed by atoms with van der Waals surface area (Å²) < 4.78 is 5.76. The third kappa shape index (κ3) is 2.61. The first kappa shape index (κ1) is 13.0. The maximum atomic E-state index is 11.1. The van der Waals surface area contributed by atoms with Crippen molar-refractivity contribution in [2.24, 2.45) is 5.92 Å². The largest absolute Gasteiger partial charge is 0.477 e. The van der Waals surface area contributed by atoms with Crippen molar-refractivity contribution < 1.29 is 14.6 Å². The fourth-order valence-electron chi connectivity index (χ4n) is 2.29. The second-order valence-corrected chi connectivity index (χ2v) is 5.46. The van der Waals surface area contributed by atoms with Gasteiger partial charge in [-0.1, -0.05) is 6.08 Å². The first-order chi connectivity index (χ1) is 9.65. The minimum atomic E-state index is -1.03. The molecule has 0 spiro atoms. The highest BCUT2D eigenvalue weighted by Gasteiger charge is 2.25. The molecule has 1 aliphatic heterocycles. The van der Waals surface area contributed by atoms with Crippen LogP contribution in [0.15, 0.2) is 24.4 Å². The molecule has 2 aliphatic rings. The van der Waals surface area contributed by atoms with Crippen LogP contribution in [0.2, 0.25) is 0 Å². The molecule has 5 heteroatoms. The van der Waals surface area contributed by atoms with Crippen molar-refractivity contribution >= 4 is 11.7 Å². The lowest BCUT2D eigenvalue weighted by Crippen LogP contribution is -2.24. The highest BCUT2D eigenvalue weighted by Crippen LogP contribution is 2.34. The molecule has 0 bridgehead atoms. The van der Waals surface area contributed by atoms with Crippen LogP contribution in [-0.4, -0.2) is 28.7 Å². The first-order valence-electron chi connectivity index (χ1n) is 6.97. The van der Waals surface area contributed by atoms with Gasteiger partial charge in [0.2, 0.25) is 5.88 Å². The first-order valence-corrected chi connectivity index (χ1v) is 6.97. The van der Waals surface area contributed by atoms with Crippen LogP contribution in [0.25, 0.3) is 0 Å². The number of ether oxygens (including phenoxy) is 1. The van der Waals surface area contributed by atoms with Crippen molar-refractivity contribution in [3.05, 3.63) is 30.1 Å². The van der Waals surface area contributed by atoms with E-state index < -0.39 is 5.97 Å². The van der Waals surface area contributed by atoms with Crippen LogP contribution in [0.5, 0.6) is 5.88 Å². The van der Waals surface area contributed by atoms with Gasteiger partial charge in [0.05, 0.1) is 6.61 Å².